The van der Waals surface area contributed by atoms with Gasteiger partial charge in [0.05, 0.1) is 11.7 Å². The minimum Gasteiger partial charge on any atom is -0.488 e. The van der Waals surface area contributed by atoms with Crippen LogP contribution in [0.5, 0.6) is 5.75 Å². The molecule has 1 atom stereocenters. The number of nitrogens with zero attached hydrogens (tertiary/aromatic N) is 7. The molecule has 0 unspecified atom stereocenters. The first-order chi connectivity index (χ1) is 16.5. The summed E-state index contributed by atoms with van der Waals surface area (Å²) < 4.78 is 9.90. The highest BCUT2D eigenvalue weighted by Gasteiger charge is 2.26. The maximum atomic E-state index is 6.16. The van der Waals surface area contributed by atoms with E-state index in [1.165, 1.54) is 19.3 Å². The smallest absolute Gasteiger partial charge is 0.165 e. The number of hydrogen-bond acceptors (Lipinski definition) is 7. The van der Waals surface area contributed by atoms with E-state index < -0.39 is 0 Å². The van der Waals surface area contributed by atoms with Gasteiger partial charge in [-0.05, 0) is 57.8 Å². The van der Waals surface area contributed by atoms with E-state index in [2.05, 4.69) is 38.5 Å². The number of rotatable bonds is 8. The Hall–Kier alpha value is -3.46. The molecule has 34 heavy (non-hydrogen) atoms. The summed E-state index contributed by atoms with van der Waals surface area (Å²) in [6, 6.07) is 8.63. The van der Waals surface area contributed by atoms with Crippen LogP contribution in [0.4, 0.5) is 11.6 Å². The Kier molecular flexibility index (Phi) is 5.21. The van der Waals surface area contributed by atoms with Crippen molar-refractivity contribution in [2.75, 3.05) is 25.5 Å². The summed E-state index contributed by atoms with van der Waals surface area (Å²) in [7, 11) is 4.08. The average molecular weight is 459 g/mol. The minimum atomic E-state index is 0.481. The van der Waals surface area contributed by atoms with Gasteiger partial charge in [-0.1, -0.05) is 0 Å². The van der Waals surface area contributed by atoms with Crippen LogP contribution in [-0.4, -0.2) is 60.5 Å². The van der Waals surface area contributed by atoms with Gasteiger partial charge in [-0.25, -0.2) is 14.5 Å². The van der Waals surface area contributed by atoms with Crippen LogP contribution in [-0.2, 0) is 13.5 Å². The Morgan fingerprint density at radius 1 is 1.09 bits per heavy atom. The predicted molar refractivity (Wildman–Crippen MR) is 130 cm³/mol. The van der Waals surface area contributed by atoms with E-state index in [9.17, 15) is 0 Å². The predicted octanol–water partition coefficient (Wildman–Crippen LogP) is 3.61. The quantitative estimate of drug-likeness (QED) is 0.432. The molecular weight excluding hydrogens is 428 g/mol. The first kappa shape index (κ1) is 21.1. The number of pyridine rings is 1. The fraction of sp³-hybridized carbons (Fsp3) is 0.440. The Morgan fingerprint density at radius 2 is 1.97 bits per heavy atom. The van der Waals surface area contributed by atoms with Crippen LogP contribution in [0, 0.1) is 12.8 Å². The molecule has 1 saturated heterocycles. The van der Waals surface area contributed by atoms with Crippen LogP contribution in [0.1, 0.15) is 30.8 Å². The summed E-state index contributed by atoms with van der Waals surface area (Å²) >= 11 is 0. The van der Waals surface area contributed by atoms with Gasteiger partial charge in [0.2, 0.25) is 0 Å². The molecule has 1 N–H and O–H groups in total. The number of likely N-dealkylation sites (tertiary alicyclic amines) is 1. The summed E-state index contributed by atoms with van der Waals surface area (Å²) in [5.41, 5.74) is 3.96. The zero-order chi connectivity index (χ0) is 23.2. The molecule has 5 heterocycles. The maximum absolute atomic E-state index is 6.16. The maximum Gasteiger partial charge on any atom is 0.165 e. The largest absolute Gasteiger partial charge is 0.488 e. The number of ether oxygens (including phenoxy) is 1. The SMILES string of the molecule is Cc1cc(Nc2cc3cc(-c4c(OC[C@H]5CCN5C)cnn4C)ccn3n2)nc(CC2CC2)n1. The summed E-state index contributed by atoms with van der Waals surface area (Å²) in [6.07, 6.45) is 8.48. The van der Waals surface area contributed by atoms with E-state index in [4.69, 9.17) is 9.72 Å². The van der Waals surface area contributed by atoms with Gasteiger partial charge < -0.3 is 10.1 Å². The molecule has 0 amide bonds. The molecule has 0 aromatic carbocycles. The van der Waals surface area contributed by atoms with Crippen LogP contribution in [0.15, 0.2) is 36.7 Å². The molecule has 9 nitrogen and oxygen atoms in total. The fourth-order valence-electron chi connectivity index (χ4n) is 4.52. The standard InChI is InChI=1S/C25H30N8O/c1-16-10-22(28-23(27-16)11-17-4-5-17)29-24-13-20-12-18(6-9-33(20)30-24)25-21(14-26-32(25)3)34-15-19-7-8-31(19)2/h6,9-10,12-14,17,19H,4-5,7-8,11,15H2,1-3H3,(H,27,28,29,30)/t19-/m1/s1. The third kappa shape index (κ3) is 4.23. The molecule has 0 radical (unpaired) electrons. The van der Waals surface area contributed by atoms with Gasteiger partial charge in [-0.2, -0.15) is 10.2 Å². The highest BCUT2D eigenvalue weighted by molar-refractivity contribution is 5.72. The van der Waals surface area contributed by atoms with Crippen LogP contribution in [0.25, 0.3) is 16.8 Å². The molecule has 0 spiro atoms. The van der Waals surface area contributed by atoms with E-state index in [0.717, 1.165) is 64.6 Å². The summed E-state index contributed by atoms with van der Waals surface area (Å²) in [5, 5.41) is 12.5. The Morgan fingerprint density at radius 3 is 2.74 bits per heavy atom. The van der Waals surface area contributed by atoms with Gasteiger partial charge >= 0.3 is 0 Å². The first-order valence-corrected chi connectivity index (χ1v) is 12.0. The van der Waals surface area contributed by atoms with Crippen molar-refractivity contribution in [2.24, 2.45) is 13.0 Å². The molecule has 2 aliphatic rings. The minimum absolute atomic E-state index is 0.481. The first-order valence-electron chi connectivity index (χ1n) is 12.0. The second kappa shape index (κ2) is 8.39. The van der Waals surface area contributed by atoms with Crippen molar-refractivity contribution >= 4 is 17.2 Å². The number of aryl methyl sites for hydroxylation is 2. The normalized spacial score (nSPS) is 18.3. The summed E-state index contributed by atoms with van der Waals surface area (Å²) in [5.74, 6) is 4.01. The zero-order valence-electron chi connectivity index (χ0n) is 19.9. The zero-order valence-corrected chi connectivity index (χ0v) is 19.9. The van der Waals surface area contributed by atoms with Gasteiger partial charge in [-0.15, -0.1) is 0 Å². The Labute approximate surface area is 198 Å². The Bertz CT molecular complexity index is 1340. The van der Waals surface area contributed by atoms with Crippen molar-refractivity contribution in [3.05, 3.63) is 48.2 Å². The Balaban J connectivity index is 1.23. The van der Waals surface area contributed by atoms with E-state index in [1.807, 2.05) is 47.6 Å². The molecule has 0 bridgehead atoms. The van der Waals surface area contributed by atoms with Gasteiger partial charge in [0.25, 0.3) is 0 Å². The van der Waals surface area contributed by atoms with Crippen molar-refractivity contribution in [1.29, 1.82) is 0 Å². The average Bonchev–Trinajstić information content (AvgIpc) is 3.40. The topological polar surface area (TPSA) is 85.4 Å². The third-order valence-electron chi connectivity index (χ3n) is 6.84. The van der Waals surface area contributed by atoms with E-state index in [1.54, 1.807) is 6.20 Å². The fourth-order valence-corrected chi connectivity index (χ4v) is 4.52. The van der Waals surface area contributed by atoms with Crippen molar-refractivity contribution in [3.8, 4) is 17.0 Å². The van der Waals surface area contributed by atoms with Crippen LogP contribution in [0.2, 0.25) is 0 Å². The molecular formula is C25H30N8O. The number of aromatic nitrogens is 6. The van der Waals surface area contributed by atoms with Crippen molar-refractivity contribution in [3.63, 3.8) is 0 Å². The van der Waals surface area contributed by atoms with Gasteiger partial charge in [-0.3, -0.25) is 9.58 Å². The summed E-state index contributed by atoms with van der Waals surface area (Å²) in [4.78, 5) is 11.6. The second-order valence-corrected chi connectivity index (χ2v) is 9.61. The molecule has 4 aromatic heterocycles. The van der Waals surface area contributed by atoms with E-state index in [-0.39, 0.29) is 0 Å². The van der Waals surface area contributed by atoms with E-state index >= 15 is 0 Å². The van der Waals surface area contributed by atoms with Crippen molar-refractivity contribution < 1.29 is 4.74 Å². The lowest BCUT2D eigenvalue weighted by atomic mass is 10.1. The lowest BCUT2D eigenvalue weighted by Gasteiger charge is -2.37. The number of likely N-dealkylation sites (N-methyl/N-ethyl adjacent to an activating group) is 1. The monoisotopic (exact) mass is 458 g/mol. The van der Waals surface area contributed by atoms with Crippen molar-refractivity contribution in [1.82, 2.24) is 34.3 Å². The van der Waals surface area contributed by atoms with Gasteiger partial charge in [0.15, 0.2) is 11.6 Å². The summed E-state index contributed by atoms with van der Waals surface area (Å²) in [6.45, 7) is 3.83. The molecule has 4 aromatic rings. The molecule has 176 valence electrons. The molecule has 1 aliphatic heterocycles. The van der Waals surface area contributed by atoms with Crippen LogP contribution in [0.3, 0.4) is 0 Å². The number of fused-ring (bicyclic) bond motifs is 1. The van der Waals surface area contributed by atoms with Crippen molar-refractivity contribution in [2.45, 2.75) is 38.6 Å². The highest BCUT2D eigenvalue weighted by Crippen LogP contribution is 2.33. The van der Waals surface area contributed by atoms with Crippen LogP contribution >= 0.6 is 0 Å². The molecule has 6 rings (SSSR count). The van der Waals surface area contributed by atoms with Gasteiger partial charge in [0.1, 0.15) is 23.9 Å². The number of anilines is 2. The molecule has 1 aliphatic carbocycles. The highest BCUT2D eigenvalue weighted by atomic mass is 16.5. The lowest BCUT2D eigenvalue weighted by molar-refractivity contribution is 0.0771. The van der Waals surface area contributed by atoms with Crippen LogP contribution < -0.4 is 10.1 Å². The van der Waals surface area contributed by atoms with Gasteiger partial charge in [0, 0.05) is 49.1 Å². The molecule has 2 fully saturated rings. The number of nitrogens with one attached hydrogen (secondary N) is 1. The molecule has 1 saturated carbocycles. The second-order valence-electron chi connectivity index (χ2n) is 9.61. The third-order valence-corrected chi connectivity index (χ3v) is 6.84. The lowest BCUT2D eigenvalue weighted by Crippen LogP contribution is -2.48. The molecule has 9 heteroatoms. The van der Waals surface area contributed by atoms with E-state index in [0.29, 0.717) is 12.6 Å². The number of hydrogen-bond donors (Lipinski definition) is 1.